The Hall–Kier alpha value is -1.40. The molecule has 6 nitrogen and oxygen atoms in total. The van der Waals surface area contributed by atoms with Crippen molar-refractivity contribution in [2.24, 2.45) is 0 Å². The fourth-order valence-electron chi connectivity index (χ4n) is 1.15. The molecule has 0 saturated heterocycles. The second kappa shape index (κ2) is 7.84. The van der Waals surface area contributed by atoms with Crippen LogP contribution < -0.4 is 10.6 Å². The van der Waals surface area contributed by atoms with Gasteiger partial charge in [0, 0.05) is 19.2 Å². The third-order valence-electron chi connectivity index (χ3n) is 1.81. The first-order valence-electron chi connectivity index (χ1n) is 5.35. The smallest absolute Gasteiger partial charge is 0.131 e. The van der Waals surface area contributed by atoms with Gasteiger partial charge < -0.3 is 20.5 Å². The summed E-state index contributed by atoms with van der Waals surface area (Å²) in [4.78, 5) is 8.13. The molecule has 3 N–H and O–H groups in total. The van der Waals surface area contributed by atoms with Gasteiger partial charge in [-0.25, -0.2) is 9.97 Å². The fourth-order valence-corrected chi connectivity index (χ4v) is 1.15. The Morgan fingerprint density at radius 1 is 1.25 bits per heavy atom. The monoisotopic (exact) mass is 226 g/mol. The van der Waals surface area contributed by atoms with Gasteiger partial charge >= 0.3 is 0 Å². The zero-order valence-corrected chi connectivity index (χ0v) is 9.44. The minimum absolute atomic E-state index is 0.0536. The molecular formula is C10H18N4O2. The minimum Gasteiger partial charge on any atom is -0.394 e. The molecule has 90 valence electrons. The van der Waals surface area contributed by atoms with Crippen LogP contribution in [0.2, 0.25) is 0 Å². The molecule has 0 aromatic carbocycles. The number of nitrogens with one attached hydrogen (secondary N) is 2. The van der Waals surface area contributed by atoms with Crippen LogP contribution in [0.15, 0.2) is 12.4 Å². The highest BCUT2D eigenvalue weighted by molar-refractivity contribution is 5.46. The molecule has 0 bridgehead atoms. The molecule has 1 rings (SSSR count). The van der Waals surface area contributed by atoms with Crippen molar-refractivity contribution < 1.29 is 9.84 Å². The van der Waals surface area contributed by atoms with Crippen LogP contribution in [0.25, 0.3) is 0 Å². The molecule has 0 unspecified atom stereocenters. The molecular weight excluding hydrogens is 208 g/mol. The molecule has 0 aliphatic rings. The lowest BCUT2D eigenvalue weighted by Gasteiger charge is -2.07. The average molecular weight is 226 g/mol. The average Bonchev–Trinajstić information content (AvgIpc) is 2.30. The molecule has 1 heterocycles. The Bertz CT molecular complexity index is 296. The van der Waals surface area contributed by atoms with Gasteiger partial charge in [-0.1, -0.05) is 0 Å². The van der Waals surface area contributed by atoms with E-state index in [0.717, 1.165) is 18.2 Å². The largest absolute Gasteiger partial charge is 0.394 e. The highest BCUT2D eigenvalue weighted by atomic mass is 16.5. The van der Waals surface area contributed by atoms with Crippen LogP contribution >= 0.6 is 0 Å². The summed E-state index contributed by atoms with van der Waals surface area (Å²) in [6, 6.07) is 1.84. The third kappa shape index (κ3) is 4.90. The van der Waals surface area contributed by atoms with Crippen LogP contribution in [0.1, 0.15) is 6.92 Å². The predicted octanol–water partition coefficient (Wildman–Crippen LogP) is 0.329. The molecule has 0 spiro atoms. The van der Waals surface area contributed by atoms with Crippen LogP contribution in [-0.2, 0) is 4.74 Å². The van der Waals surface area contributed by atoms with E-state index in [1.165, 1.54) is 6.33 Å². The maximum atomic E-state index is 8.50. The van der Waals surface area contributed by atoms with Crippen LogP contribution in [0, 0.1) is 0 Å². The number of aliphatic hydroxyl groups excluding tert-OH is 1. The summed E-state index contributed by atoms with van der Waals surface area (Å²) >= 11 is 0. The van der Waals surface area contributed by atoms with Crippen molar-refractivity contribution in [1.82, 2.24) is 9.97 Å². The number of hydrogen-bond acceptors (Lipinski definition) is 6. The first-order chi connectivity index (χ1) is 7.86. The van der Waals surface area contributed by atoms with Crippen LogP contribution in [0.3, 0.4) is 0 Å². The molecule has 16 heavy (non-hydrogen) atoms. The second-order valence-corrected chi connectivity index (χ2v) is 3.08. The summed E-state index contributed by atoms with van der Waals surface area (Å²) in [7, 11) is 0. The lowest BCUT2D eigenvalue weighted by Crippen LogP contribution is -2.12. The highest BCUT2D eigenvalue weighted by Gasteiger charge is 1.96. The third-order valence-corrected chi connectivity index (χ3v) is 1.81. The number of aliphatic hydroxyl groups is 1. The molecule has 0 fully saturated rings. The molecule has 0 aliphatic heterocycles. The van der Waals surface area contributed by atoms with Crippen molar-refractivity contribution in [2.45, 2.75) is 6.92 Å². The quantitative estimate of drug-likeness (QED) is 0.554. The molecule has 1 aromatic heterocycles. The van der Waals surface area contributed by atoms with E-state index < -0.39 is 0 Å². The van der Waals surface area contributed by atoms with Crippen molar-refractivity contribution >= 4 is 11.6 Å². The van der Waals surface area contributed by atoms with Crippen LogP contribution in [-0.4, -0.2) is 48.0 Å². The SMILES string of the molecule is CCNc1cc(NCCOCCO)ncn1. The number of ether oxygens (including phenoxy) is 1. The van der Waals surface area contributed by atoms with Crippen LogP contribution in [0.5, 0.6) is 0 Å². The van der Waals surface area contributed by atoms with Gasteiger partial charge in [0.1, 0.15) is 18.0 Å². The van der Waals surface area contributed by atoms with Gasteiger partial charge in [-0.3, -0.25) is 0 Å². The Morgan fingerprint density at radius 2 is 2.00 bits per heavy atom. The van der Waals surface area contributed by atoms with Gasteiger partial charge in [0.2, 0.25) is 0 Å². The molecule has 0 saturated carbocycles. The van der Waals surface area contributed by atoms with Gasteiger partial charge in [0.15, 0.2) is 0 Å². The van der Waals surface area contributed by atoms with E-state index in [9.17, 15) is 0 Å². The second-order valence-electron chi connectivity index (χ2n) is 3.08. The van der Waals surface area contributed by atoms with E-state index >= 15 is 0 Å². The molecule has 1 aromatic rings. The van der Waals surface area contributed by atoms with Crippen molar-refractivity contribution in [3.05, 3.63) is 12.4 Å². The number of nitrogens with zero attached hydrogens (tertiary/aromatic N) is 2. The minimum atomic E-state index is 0.0536. The van der Waals surface area contributed by atoms with E-state index in [0.29, 0.717) is 19.8 Å². The normalized spacial score (nSPS) is 10.1. The lowest BCUT2D eigenvalue weighted by atomic mass is 10.5. The summed E-state index contributed by atoms with van der Waals surface area (Å²) in [6.07, 6.45) is 1.51. The highest BCUT2D eigenvalue weighted by Crippen LogP contribution is 2.07. The summed E-state index contributed by atoms with van der Waals surface area (Å²) in [5.74, 6) is 1.56. The summed E-state index contributed by atoms with van der Waals surface area (Å²) in [6.45, 7) is 4.46. The van der Waals surface area contributed by atoms with Crippen molar-refractivity contribution in [3.63, 3.8) is 0 Å². The Labute approximate surface area is 95.1 Å². The molecule has 0 atom stereocenters. The molecule has 0 amide bonds. The zero-order chi connectivity index (χ0) is 11.6. The lowest BCUT2D eigenvalue weighted by molar-refractivity contribution is 0.0992. The first-order valence-corrected chi connectivity index (χ1v) is 5.35. The number of anilines is 2. The zero-order valence-electron chi connectivity index (χ0n) is 9.44. The van der Waals surface area contributed by atoms with Crippen molar-refractivity contribution in [2.75, 3.05) is 43.5 Å². The van der Waals surface area contributed by atoms with Gasteiger partial charge in [-0.2, -0.15) is 0 Å². The van der Waals surface area contributed by atoms with E-state index in [4.69, 9.17) is 9.84 Å². The van der Waals surface area contributed by atoms with E-state index in [1.807, 2.05) is 13.0 Å². The Balaban J connectivity index is 2.27. The summed E-state index contributed by atoms with van der Waals surface area (Å²) in [5.41, 5.74) is 0. The van der Waals surface area contributed by atoms with Crippen LogP contribution in [0.4, 0.5) is 11.6 Å². The standard InChI is InChI=1S/C10H18N4O2/c1-2-11-9-7-10(14-8-13-9)12-3-5-16-6-4-15/h7-8,15H,2-6H2,1H3,(H2,11,12,13,14). The predicted molar refractivity (Wildman–Crippen MR) is 62.6 cm³/mol. The summed E-state index contributed by atoms with van der Waals surface area (Å²) in [5, 5.41) is 14.7. The first kappa shape index (κ1) is 12.7. The van der Waals surface area contributed by atoms with E-state index in [1.54, 1.807) is 0 Å². The van der Waals surface area contributed by atoms with E-state index in [2.05, 4.69) is 20.6 Å². The van der Waals surface area contributed by atoms with Crippen molar-refractivity contribution in [1.29, 1.82) is 0 Å². The Morgan fingerprint density at radius 3 is 2.69 bits per heavy atom. The maximum absolute atomic E-state index is 8.50. The molecule has 0 aliphatic carbocycles. The Kier molecular flexibility index (Phi) is 6.20. The van der Waals surface area contributed by atoms with Gasteiger partial charge in [-0.05, 0) is 6.92 Å². The van der Waals surface area contributed by atoms with Gasteiger partial charge in [0.25, 0.3) is 0 Å². The fraction of sp³-hybridized carbons (Fsp3) is 0.600. The van der Waals surface area contributed by atoms with Crippen molar-refractivity contribution in [3.8, 4) is 0 Å². The van der Waals surface area contributed by atoms with Gasteiger partial charge in [-0.15, -0.1) is 0 Å². The topological polar surface area (TPSA) is 79.3 Å². The van der Waals surface area contributed by atoms with Gasteiger partial charge in [0.05, 0.1) is 19.8 Å². The number of aromatic nitrogens is 2. The maximum Gasteiger partial charge on any atom is 0.131 e. The summed E-state index contributed by atoms with van der Waals surface area (Å²) < 4.78 is 5.11. The number of hydrogen-bond donors (Lipinski definition) is 3. The number of rotatable bonds is 8. The molecule has 6 heteroatoms. The van der Waals surface area contributed by atoms with E-state index in [-0.39, 0.29) is 6.61 Å². The molecule has 0 radical (unpaired) electrons.